The van der Waals surface area contributed by atoms with Crippen LogP contribution in [-0.4, -0.2) is 68.5 Å². The van der Waals surface area contributed by atoms with Crippen molar-refractivity contribution in [1.29, 1.82) is 0 Å². The summed E-state index contributed by atoms with van der Waals surface area (Å²) in [5.74, 6) is -0.213. The first-order valence-electron chi connectivity index (χ1n) is 22.9. The fourth-order valence-electron chi connectivity index (χ4n) is 6.42. The maximum absolute atomic E-state index is 12.8. The number of nitrogens with zero attached hydrogens (tertiary/aromatic N) is 1. The Kier molecular flexibility index (Phi) is 37.4. The Labute approximate surface area is 340 Å². The van der Waals surface area contributed by atoms with Gasteiger partial charge < -0.3 is 28.8 Å². The molecule has 8 nitrogen and oxygen atoms in total. The van der Waals surface area contributed by atoms with Gasteiger partial charge in [0.25, 0.3) is 7.82 Å². The van der Waals surface area contributed by atoms with Crippen LogP contribution >= 0.6 is 7.82 Å². The first-order valence-corrected chi connectivity index (χ1v) is 24.3. The van der Waals surface area contributed by atoms with Crippen LogP contribution < -0.4 is 10.2 Å². The Morgan fingerprint density at radius 2 is 1.02 bits per heavy atom. The number of nitrogens with one attached hydrogen (secondary N) is 1. The second kappa shape index (κ2) is 38.2. The number of rotatable bonds is 41. The molecule has 3 atom stereocenters. The largest absolute Gasteiger partial charge is 0.756 e. The second-order valence-corrected chi connectivity index (χ2v) is 18.2. The zero-order valence-electron chi connectivity index (χ0n) is 36.6. The van der Waals surface area contributed by atoms with Gasteiger partial charge in [0, 0.05) is 6.42 Å². The average Bonchev–Trinajstić information content (AvgIpc) is 3.13. The number of phosphoric acid groups is 1. The number of carbonyl (C=O) groups is 1. The number of aliphatic hydroxyl groups is 1. The van der Waals surface area contributed by atoms with Gasteiger partial charge in [0.2, 0.25) is 5.91 Å². The van der Waals surface area contributed by atoms with E-state index in [4.69, 9.17) is 9.05 Å². The van der Waals surface area contributed by atoms with E-state index in [0.29, 0.717) is 17.4 Å². The lowest BCUT2D eigenvalue weighted by molar-refractivity contribution is -0.870. The minimum absolute atomic E-state index is 0.00804. The van der Waals surface area contributed by atoms with Crippen LogP contribution in [-0.2, 0) is 18.4 Å². The number of quaternary nitrogens is 1. The van der Waals surface area contributed by atoms with Gasteiger partial charge in [-0.05, 0) is 44.9 Å². The normalized spacial score (nSPS) is 14.7. The monoisotopic (exact) mass is 797 g/mol. The van der Waals surface area contributed by atoms with Crippen molar-refractivity contribution in [2.75, 3.05) is 40.9 Å². The van der Waals surface area contributed by atoms with E-state index >= 15 is 0 Å². The van der Waals surface area contributed by atoms with Crippen molar-refractivity contribution < 1.29 is 32.9 Å². The van der Waals surface area contributed by atoms with Crippen LogP contribution in [0.5, 0.6) is 0 Å². The predicted molar refractivity (Wildman–Crippen MR) is 233 cm³/mol. The van der Waals surface area contributed by atoms with E-state index in [1.54, 1.807) is 6.08 Å². The summed E-state index contributed by atoms with van der Waals surface area (Å²) in [6, 6.07) is -0.905. The van der Waals surface area contributed by atoms with Crippen molar-refractivity contribution in [2.24, 2.45) is 0 Å². The molecule has 0 aromatic heterocycles. The molecule has 0 radical (unpaired) electrons. The maximum atomic E-state index is 12.8. The molecular weight excluding hydrogens is 707 g/mol. The maximum Gasteiger partial charge on any atom is 0.268 e. The lowest BCUT2D eigenvalue weighted by Gasteiger charge is -2.29. The quantitative estimate of drug-likeness (QED) is 0.0276. The van der Waals surface area contributed by atoms with Gasteiger partial charge in [-0.1, -0.05) is 185 Å². The van der Waals surface area contributed by atoms with E-state index < -0.39 is 26.6 Å². The number of likely N-dealkylation sites (N-methyl/N-ethyl adjacent to an activating group) is 1. The summed E-state index contributed by atoms with van der Waals surface area (Å²) < 4.78 is 23.1. The summed E-state index contributed by atoms with van der Waals surface area (Å²) in [4.78, 5) is 25.2. The number of unbranched alkanes of at least 4 members (excludes halogenated alkanes) is 24. The van der Waals surface area contributed by atoms with Gasteiger partial charge in [0.05, 0.1) is 39.9 Å². The van der Waals surface area contributed by atoms with Crippen molar-refractivity contribution in [3.05, 3.63) is 36.5 Å². The van der Waals surface area contributed by atoms with Crippen molar-refractivity contribution in [2.45, 2.75) is 212 Å². The summed E-state index contributed by atoms with van der Waals surface area (Å²) in [5, 5.41) is 13.7. The third-order valence-electron chi connectivity index (χ3n) is 10.1. The van der Waals surface area contributed by atoms with E-state index in [9.17, 15) is 19.4 Å². The van der Waals surface area contributed by atoms with E-state index in [1.165, 1.54) is 135 Å². The molecule has 0 aliphatic rings. The van der Waals surface area contributed by atoms with E-state index in [0.717, 1.165) is 44.9 Å². The number of amides is 1. The van der Waals surface area contributed by atoms with Gasteiger partial charge in [-0.25, -0.2) is 0 Å². The minimum atomic E-state index is -4.59. The molecular formula is C46H89N2O6P. The van der Waals surface area contributed by atoms with Crippen LogP contribution in [0.1, 0.15) is 200 Å². The first kappa shape index (κ1) is 53.7. The molecule has 0 saturated heterocycles. The number of aliphatic hydroxyl groups excluding tert-OH is 1. The van der Waals surface area contributed by atoms with Crippen LogP contribution in [0.4, 0.5) is 0 Å². The molecule has 55 heavy (non-hydrogen) atoms. The van der Waals surface area contributed by atoms with Crippen molar-refractivity contribution in [1.82, 2.24) is 5.32 Å². The van der Waals surface area contributed by atoms with Gasteiger partial charge >= 0.3 is 0 Å². The van der Waals surface area contributed by atoms with Crippen LogP contribution in [0.3, 0.4) is 0 Å². The summed E-state index contributed by atoms with van der Waals surface area (Å²) in [5.41, 5.74) is 0. The van der Waals surface area contributed by atoms with Gasteiger partial charge in [-0.3, -0.25) is 9.36 Å². The van der Waals surface area contributed by atoms with Crippen LogP contribution in [0.15, 0.2) is 36.5 Å². The van der Waals surface area contributed by atoms with Gasteiger partial charge in [0.15, 0.2) is 0 Å². The molecule has 0 aliphatic heterocycles. The van der Waals surface area contributed by atoms with E-state index in [2.05, 4.69) is 43.5 Å². The molecule has 0 bridgehead atoms. The lowest BCUT2D eigenvalue weighted by Crippen LogP contribution is -2.45. The van der Waals surface area contributed by atoms with Crippen molar-refractivity contribution >= 4 is 13.7 Å². The molecule has 0 aliphatic carbocycles. The molecule has 0 heterocycles. The SMILES string of the molecule is CCCCCCCCCCCCCC/C=C/CC/C=C/CC/C=C/C(O)C(COP(=O)([O-])OCC[N+](C)(C)C)NC(=O)CCCCCCCCCCCCC. The molecule has 0 aromatic rings. The van der Waals surface area contributed by atoms with Gasteiger partial charge in [-0.15, -0.1) is 0 Å². The van der Waals surface area contributed by atoms with Gasteiger partial charge in [-0.2, -0.15) is 0 Å². The highest BCUT2D eigenvalue weighted by Crippen LogP contribution is 2.38. The molecule has 0 aromatic carbocycles. The molecule has 9 heteroatoms. The number of carbonyl (C=O) groups excluding carboxylic acids is 1. The molecule has 1 amide bonds. The third kappa shape index (κ3) is 40.7. The number of hydrogen-bond donors (Lipinski definition) is 2. The lowest BCUT2D eigenvalue weighted by atomic mass is 10.0. The zero-order valence-corrected chi connectivity index (χ0v) is 37.5. The van der Waals surface area contributed by atoms with Crippen molar-refractivity contribution in [3.8, 4) is 0 Å². The zero-order chi connectivity index (χ0) is 40.7. The number of allylic oxidation sites excluding steroid dienone is 5. The average molecular weight is 797 g/mol. The van der Waals surface area contributed by atoms with Crippen LogP contribution in [0.25, 0.3) is 0 Å². The fraction of sp³-hybridized carbons (Fsp3) is 0.848. The Morgan fingerprint density at radius 3 is 1.47 bits per heavy atom. The predicted octanol–water partition coefficient (Wildman–Crippen LogP) is 12.1. The second-order valence-electron chi connectivity index (χ2n) is 16.7. The fourth-order valence-corrected chi connectivity index (χ4v) is 7.14. The third-order valence-corrected chi connectivity index (χ3v) is 11.0. The van der Waals surface area contributed by atoms with Crippen molar-refractivity contribution in [3.63, 3.8) is 0 Å². The van der Waals surface area contributed by atoms with E-state index in [1.807, 2.05) is 27.2 Å². The highest BCUT2D eigenvalue weighted by atomic mass is 31.2. The molecule has 0 saturated carbocycles. The smallest absolute Gasteiger partial charge is 0.268 e. The molecule has 324 valence electrons. The Morgan fingerprint density at radius 1 is 0.618 bits per heavy atom. The first-order chi connectivity index (χ1) is 26.5. The Balaban J connectivity index is 4.42. The molecule has 3 unspecified atom stereocenters. The standard InChI is InChI=1S/C46H89N2O6P/c1-6-8-10-12-14-16-18-19-20-21-22-23-24-25-26-27-28-30-31-33-35-37-39-45(49)44(43-54-55(51,52)53-42-41-48(3,4)5)47-46(50)40-38-36-34-32-29-17-15-13-11-9-7-2/h25-26,30-31,37,39,44-45,49H,6-24,27-29,32-36,38,40-43H2,1-5H3,(H-,47,50,51,52)/b26-25+,31-30+,39-37+. The molecule has 0 rings (SSSR count). The summed E-state index contributed by atoms with van der Waals surface area (Å²) >= 11 is 0. The Hall–Kier alpha value is -1.28. The highest BCUT2D eigenvalue weighted by Gasteiger charge is 2.23. The van der Waals surface area contributed by atoms with Crippen LogP contribution in [0.2, 0.25) is 0 Å². The molecule has 0 fully saturated rings. The molecule has 2 N–H and O–H groups in total. The highest BCUT2D eigenvalue weighted by molar-refractivity contribution is 7.45. The summed E-state index contributed by atoms with van der Waals surface area (Å²) in [6.07, 6.45) is 46.3. The van der Waals surface area contributed by atoms with E-state index in [-0.39, 0.29) is 12.5 Å². The van der Waals surface area contributed by atoms with Crippen LogP contribution in [0, 0.1) is 0 Å². The topological polar surface area (TPSA) is 108 Å². The Bertz CT molecular complexity index is 995. The summed E-state index contributed by atoms with van der Waals surface area (Å²) in [6.45, 7) is 4.60. The number of phosphoric ester groups is 1. The minimum Gasteiger partial charge on any atom is -0.756 e. The van der Waals surface area contributed by atoms with Gasteiger partial charge in [0.1, 0.15) is 13.2 Å². The number of hydrogen-bond acceptors (Lipinski definition) is 6. The summed E-state index contributed by atoms with van der Waals surface area (Å²) in [7, 11) is 1.24. The molecule has 0 spiro atoms.